The molecule has 2 aromatic heterocycles. The third-order valence-electron chi connectivity index (χ3n) is 5.64. The largest absolute Gasteiger partial charge is 0.497 e. The van der Waals surface area contributed by atoms with Crippen molar-refractivity contribution in [2.45, 2.75) is 19.5 Å². The van der Waals surface area contributed by atoms with E-state index in [1.54, 1.807) is 51.7 Å². The molecule has 0 spiro atoms. The summed E-state index contributed by atoms with van der Waals surface area (Å²) in [6.45, 7) is 2.01. The molecule has 0 radical (unpaired) electrons. The molecule has 0 aliphatic carbocycles. The van der Waals surface area contributed by atoms with Crippen LogP contribution in [0.25, 0.3) is 0 Å². The standard InChI is InChI=1S/C25H25ClFN5O3/c1-15-21(23(26)32(30-15)14-16-5-7-18(27)8-6-16)25(33)29-22(24-28-9-10-31(24)2)17-11-19(34-3)13-20(12-17)35-4/h5-13,22H,14H2,1-4H3,(H,29,33). The monoisotopic (exact) mass is 497 g/mol. The van der Waals surface area contributed by atoms with E-state index in [1.807, 2.05) is 23.7 Å². The minimum absolute atomic E-state index is 0.186. The summed E-state index contributed by atoms with van der Waals surface area (Å²) in [5, 5.41) is 7.66. The van der Waals surface area contributed by atoms with Gasteiger partial charge in [-0.15, -0.1) is 0 Å². The summed E-state index contributed by atoms with van der Waals surface area (Å²) < 4.78 is 27.4. The summed E-state index contributed by atoms with van der Waals surface area (Å²) >= 11 is 6.59. The van der Waals surface area contributed by atoms with Crippen LogP contribution < -0.4 is 14.8 Å². The predicted octanol–water partition coefficient (Wildman–Crippen LogP) is 4.30. The van der Waals surface area contributed by atoms with E-state index in [4.69, 9.17) is 21.1 Å². The van der Waals surface area contributed by atoms with Gasteiger partial charge in [0.2, 0.25) is 0 Å². The SMILES string of the molecule is COc1cc(OC)cc(C(NC(=O)c2c(C)nn(Cc3ccc(F)cc3)c2Cl)c2nccn2C)c1. The Hall–Kier alpha value is -3.85. The molecule has 0 fully saturated rings. The van der Waals surface area contributed by atoms with E-state index in [1.165, 1.54) is 16.8 Å². The van der Waals surface area contributed by atoms with Gasteiger partial charge in [0.05, 0.1) is 32.0 Å². The number of amides is 1. The van der Waals surface area contributed by atoms with Crippen molar-refractivity contribution in [1.82, 2.24) is 24.6 Å². The molecule has 2 aromatic carbocycles. The van der Waals surface area contributed by atoms with E-state index in [2.05, 4.69) is 15.4 Å². The van der Waals surface area contributed by atoms with Crippen LogP contribution in [0.3, 0.4) is 0 Å². The number of halogens is 2. The molecular weight excluding hydrogens is 473 g/mol. The van der Waals surface area contributed by atoms with Crippen LogP contribution in [0.4, 0.5) is 4.39 Å². The van der Waals surface area contributed by atoms with E-state index in [0.29, 0.717) is 29.6 Å². The van der Waals surface area contributed by atoms with E-state index in [9.17, 15) is 9.18 Å². The van der Waals surface area contributed by atoms with E-state index < -0.39 is 11.9 Å². The Labute approximate surface area is 207 Å². The van der Waals surface area contributed by atoms with E-state index in [0.717, 1.165) is 11.1 Å². The highest BCUT2D eigenvalue weighted by Gasteiger charge is 2.27. The Morgan fingerprint density at radius 1 is 1.14 bits per heavy atom. The number of imidazole rings is 1. The van der Waals surface area contributed by atoms with Crippen molar-refractivity contribution in [3.8, 4) is 11.5 Å². The normalized spacial score (nSPS) is 11.8. The van der Waals surface area contributed by atoms with Crippen LogP contribution in [0.5, 0.6) is 11.5 Å². The fourth-order valence-electron chi connectivity index (χ4n) is 3.83. The first-order valence-electron chi connectivity index (χ1n) is 10.8. The summed E-state index contributed by atoms with van der Waals surface area (Å²) in [5.74, 6) is 1.03. The van der Waals surface area contributed by atoms with Gasteiger partial charge in [0.15, 0.2) is 0 Å². The number of nitrogens with one attached hydrogen (secondary N) is 1. The summed E-state index contributed by atoms with van der Waals surface area (Å²) in [6.07, 6.45) is 3.45. The van der Waals surface area contributed by atoms with Crippen molar-refractivity contribution >= 4 is 17.5 Å². The van der Waals surface area contributed by atoms with Crippen LogP contribution in [-0.4, -0.2) is 39.5 Å². The average Bonchev–Trinajstić information content (AvgIpc) is 3.40. The number of aromatic nitrogens is 4. The van der Waals surface area contributed by atoms with Crippen LogP contribution in [0, 0.1) is 12.7 Å². The van der Waals surface area contributed by atoms with Crippen LogP contribution in [0.1, 0.15) is 39.0 Å². The molecule has 1 amide bonds. The van der Waals surface area contributed by atoms with Crippen molar-refractivity contribution < 1.29 is 18.7 Å². The minimum Gasteiger partial charge on any atom is -0.497 e. The van der Waals surface area contributed by atoms with Crippen molar-refractivity contribution in [3.05, 3.63) is 94.0 Å². The van der Waals surface area contributed by atoms with Crippen LogP contribution >= 0.6 is 11.6 Å². The van der Waals surface area contributed by atoms with Gasteiger partial charge in [0.1, 0.15) is 34.3 Å². The Morgan fingerprint density at radius 2 is 1.80 bits per heavy atom. The molecule has 10 heteroatoms. The highest BCUT2D eigenvalue weighted by molar-refractivity contribution is 6.33. The zero-order chi connectivity index (χ0) is 25.1. The number of carbonyl (C=O) groups is 1. The van der Waals surface area contributed by atoms with E-state index >= 15 is 0 Å². The molecule has 0 saturated heterocycles. The topological polar surface area (TPSA) is 83.2 Å². The number of aryl methyl sites for hydroxylation is 2. The van der Waals surface area contributed by atoms with Gasteiger partial charge in [-0.1, -0.05) is 23.7 Å². The predicted molar refractivity (Wildman–Crippen MR) is 130 cm³/mol. The highest BCUT2D eigenvalue weighted by Crippen LogP contribution is 2.30. The van der Waals surface area contributed by atoms with Gasteiger partial charge >= 0.3 is 0 Å². The summed E-state index contributed by atoms with van der Waals surface area (Å²) in [6, 6.07) is 10.8. The van der Waals surface area contributed by atoms with Gasteiger partial charge in [0.25, 0.3) is 5.91 Å². The molecular formula is C25H25ClFN5O3. The molecule has 182 valence electrons. The Bertz CT molecular complexity index is 1330. The lowest BCUT2D eigenvalue weighted by molar-refractivity contribution is 0.0940. The summed E-state index contributed by atoms with van der Waals surface area (Å²) in [7, 11) is 4.97. The molecule has 4 rings (SSSR count). The van der Waals surface area contributed by atoms with Gasteiger partial charge in [-0.05, 0) is 42.3 Å². The zero-order valence-corrected chi connectivity index (χ0v) is 20.5. The fraction of sp³-hybridized carbons (Fsp3) is 0.240. The van der Waals surface area contributed by atoms with Gasteiger partial charge in [-0.2, -0.15) is 5.10 Å². The molecule has 0 saturated carbocycles. The number of nitrogens with zero attached hydrogens (tertiary/aromatic N) is 4. The van der Waals surface area contributed by atoms with Crippen molar-refractivity contribution in [2.24, 2.45) is 7.05 Å². The maximum atomic E-state index is 13.5. The second-order valence-corrected chi connectivity index (χ2v) is 8.34. The van der Waals surface area contributed by atoms with Gasteiger partial charge < -0.3 is 19.4 Å². The molecule has 8 nitrogen and oxygen atoms in total. The Kier molecular flexibility index (Phi) is 7.07. The molecule has 1 unspecified atom stereocenters. The Balaban J connectivity index is 1.68. The van der Waals surface area contributed by atoms with Crippen LogP contribution in [0.15, 0.2) is 54.9 Å². The quantitative estimate of drug-likeness (QED) is 0.392. The first-order chi connectivity index (χ1) is 16.8. The molecule has 0 bridgehead atoms. The summed E-state index contributed by atoms with van der Waals surface area (Å²) in [4.78, 5) is 17.9. The van der Waals surface area contributed by atoms with Gasteiger partial charge in [0, 0.05) is 25.5 Å². The lowest BCUT2D eigenvalue weighted by Gasteiger charge is -2.20. The first kappa shape index (κ1) is 24.3. The smallest absolute Gasteiger partial charge is 0.257 e. The fourth-order valence-corrected chi connectivity index (χ4v) is 4.15. The van der Waals surface area contributed by atoms with Gasteiger partial charge in [-0.25, -0.2) is 14.1 Å². The Morgan fingerprint density at radius 3 is 2.37 bits per heavy atom. The van der Waals surface area contributed by atoms with Gasteiger partial charge in [-0.3, -0.25) is 4.79 Å². The number of benzene rings is 2. The summed E-state index contributed by atoms with van der Waals surface area (Å²) in [5.41, 5.74) is 2.24. The lowest BCUT2D eigenvalue weighted by Crippen LogP contribution is -2.31. The van der Waals surface area contributed by atoms with Crippen molar-refractivity contribution in [2.75, 3.05) is 14.2 Å². The number of carbonyl (C=O) groups excluding carboxylic acids is 1. The number of methoxy groups -OCH3 is 2. The third kappa shape index (κ3) is 5.14. The molecule has 1 N–H and O–H groups in total. The van der Waals surface area contributed by atoms with E-state index in [-0.39, 0.29) is 16.5 Å². The molecule has 0 aliphatic rings. The highest BCUT2D eigenvalue weighted by atomic mass is 35.5. The number of hydrogen-bond donors (Lipinski definition) is 1. The minimum atomic E-state index is -0.623. The zero-order valence-electron chi connectivity index (χ0n) is 19.8. The molecule has 1 atom stereocenters. The molecule has 4 aromatic rings. The van der Waals surface area contributed by atoms with Crippen LogP contribution in [0.2, 0.25) is 5.15 Å². The first-order valence-corrected chi connectivity index (χ1v) is 11.2. The number of hydrogen-bond acceptors (Lipinski definition) is 5. The second kappa shape index (κ2) is 10.2. The molecule has 0 aliphatic heterocycles. The maximum Gasteiger partial charge on any atom is 0.257 e. The number of rotatable bonds is 8. The van der Waals surface area contributed by atoms with Crippen molar-refractivity contribution in [3.63, 3.8) is 0 Å². The molecule has 35 heavy (non-hydrogen) atoms. The van der Waals surface area contributed by atoms with Crippen molar-refractivity contribution in [1.29, 1.82) is 0 Å². The molecule has 2 heterocycles. The lowest BCUT2D eigenvalue weighted by atomic mass is 10.0. The maximum absolute atomic E-state index is 13.5. The van der Waals surface area contributed by atoms with Crippen LogP contribution in [-0.2, 0) is 13.6 Å². The number of ether oxygens (including phenoxy) is 2. The second-order valence-electron chi connectivity index (χ2n) is 7.98. The third-order valence-corrected chi connectivity index (χ3v) is 6.02. The average molecular weight is 498 g/mol.